The Morgan fingerprint density at radius 1 is 1.44 bits per heavy atom. The van der Waals surface area contributed by atoms with Gasteiger partial charge < -0.3 is 10.2 Å². The van der Waals surface area contributed by atoms with Crippen LogP contribution in [-0.4, -0.2) is 41.2 Å². The zero-order valence-electron chi connectivity index (χ0n) is 6.58. The van der Waals surface area contributed by atoms with Crippen molar-refractivity contribution >= 4 is 24.4 Å². The fraction of sp³-hybridized carbons (Fsp3) is 1.00. The van der Waals surface area contributed by atoms with E-state index in [1.807, 2.05) is 6.26 Å². The highest BCUT2D eigenvalue weighted by Crippen LogP contribution is 1.85. The molecule has 0 saturated carbocycles. The average Bonchev–Trinajstić information content (AvgIpc) is 1.91. The van der Waals surface area contributed by atoms with Crippen molar-refractivity contribution < 1.29 is 11.6 Å². The minimum Gasteiger partial charge on any atom is -0.396 e. The Hall–Kier alpha value is 0.620. The van der Waals surface area contributed by atoms with E-state index in [2.05, 4.69) is 12.6 Å². The van der Waals surface area contributed by atoms with E-state index in [0.29, 0.717) is 12.4 Å². The van der Waals surface area contributed by atoms with E-state index < -0.39 is 0 Å². The fourth-order valence-electron chi connectivity index (χ4n) is 0.0913. The topological polar surface area (TPSA) is 40.5 Å². The van der Waals surface area contributed by atoms with Crippen molar-refractivity contribution in [2.75, 3.05) is 31.0 Å². The molecule has 0 radical (unpaired) electrons. The molecular formula is C5H15O2S2+. The van der Waals surface area contributed by atoms with Gasteiger partial charge in [-0.25, -0.2) is 0 Å². The molecule has 0 aliphatic heterocycles. The molecule has 0 aromatic heterocycles. The first-order chi connectivity index (χ1) is 4.33. The number of rotatable bonds is 3. The highest BCUT2D eigenvalue weighted by Gasteiger charge is 1.68. The van der Waals surface area contributed by atoms with Gasteiger partial charge in [-0.2, -0.15) is 24.4 Å². The van der Waals surface area contributed by atoms with Crippen molar-refractivity contribution in [3.8, 4) is 0 Å². The predicted molar refractivity (Wildman–Crippen MR) is 47.5 cm³/mol. The molecule has 0 aromatic carbocycles. The summed E-state index contributed by atoms with van der Waals surface area (Å²) in [7, 11) is 0. The van der Waals surface area contributed by atoms with Gasteiger partial charge in [-0.3, -0.25) is 0 Å². The van der Waals surface area contributed by atoms with Crippen LogP contribution in [0.4, 0.5) is 0 Å². The summed E-state index contributed by atoms with van der Waals surface area (Å²) in [5.74, 6) is 1.43. The van der Waals surface area contributed by atoms with E-state index in [9.17, 15) is 0 Å². The Labute approximate surface area is 67.6 Å². The van der Waals surface area contributed by atoms with E-state index in [4.69, 9.17) is 10.2 Å². The lowest BCUT2D eigenvalue weighted by atomic mass is 10.9. The van der Waals surface area contributed by atoms with Gasteiger partial charge in [-0.1, -0.05) is 0 Å². The molecule has 9 heavy (non-hydrogen) atoms. The highest BCUT2D eigenvalue weighted by atomic mass is 32.2. The molecule has 2 N–H and O–H groups in total. The molecule has 0 unspecified atom stereocenters. The lowest BCUT2D eigenvalue weighted by Crippen LogP contribution is -1.81. The summed E-state index contributed by atoms with van der Waals surface area (Å²) in [4.78, 5) is 0. The first kappa shape index (κ1) is 12.3. The third kappa shape index (κ3) is 28.8. The van der Waals surface area contributed by atoms with Crippen molar-refractivity contribution in [3.63, 3.8) is 0 Å². The van der Waals surface area contributed by atoms with Crippen LogP contribution in [0.2, 0.25) is 0 Å². The van der Waals surface area contributed by atoms with Crippen LogP contribution < -0.4 is 0 Å². The van der Waals surface area contributed by atoms with E-state index in [0.717, 1.165) is 5.75 Å². The molecule has 0 aromatic rings. The summed E-state index contributed by atoms with van der Waals surface area (Å²) >= 11 is 5.32. The quantitative estimate of drug-likeness (QED) is 0.537. The van der Waals surface area contributed by atoms with Crippen molar-refractivity contribution in [2.24, 2.45) is 0 Å². The van der Waals surface area contributed by atoms with Crippen molar-refractivity contribution in [2.45, 2.75) is 0 Å². The Kier molecular flexibility index (Phi) is 21.7. The monoisotopic (exact) mass is 171 g/mol. The molecule has 0 amide bonds. The molecule has 58 valence electrons. The van der Waals surface area contributed by atoms with Gasteiger partial charge in [0.1, 0.15) is 0 Å². The van der Waals surface area contributed by atoms with E-state index in [-0.39, 0.29) is 8.03 Å². The van der Waals surface area contributed by atoms with Gasteiger partial charge in [0.2, 0.25) is 0 Å². The second-order valence-corrected chi connectivity index (χ2v) is 2.60. The molecule has 0 fully saturated rings. The van der Waals surface area contributed by atoms with Gasteiger partial charge in [-0.15, -0.1) is 0 Å². The van der Waals surface area contributed by atoms with Crippen LogP contribution >= 0.6 is 24.4 Å². The van der Waals surface area contributed by atoms with Gasteiger partial charge in [0.25, 0.3) is 0 Å². The lowest BCUT2D eigenvalue weighted by Gasteiger charge is -1.80. The van der Waals surface area contributed by atoms with Crippen LogP contribution in [0, 0.1) is 0 Å². The fourth-order valence-corrected chi connectivity index (χ4v) is 0.274. The molecule has 0 atom stereocenters. The molecule has 0 aliphatic carbocycles. The predicted octanol–water partition coefficient (Wildman–Crippen LogP) is 0.363. The van der Waals surface area contributed by atoms with Crippen LogP contribution in [0.5, 0.6) is 0 Å². The SMILES string of the molecule is CSCCO.OCCS.[H+]. The van der Waals surface area contributed by atoms with Gasteiger partial charge >= 0.3 is 1.43 Å². The Morgan fingerprint density at radius 2 is 1.89 bits per heavy atom. The maximum Gasteiger partial charge on any atom is 1.00 e. The number of hydrogen-bond acceptors (Lipinski definition) is 4. The summed E-state index contributed by atoms with van der Waals surface area (Å²) in [6.07, 6.45) is 1.97. The average molecular weight is 171 g/mol. The lowest BCUT2D eigenvalue weighted by molar-refractivity contribution is 0.322. The van der Waals surface area contributed by atoms with Crippen LogP contribution in [-0.2, 0) is 0 Å². The Morgan fingerprint density at radius 3 is 1.89 bits per heavy atom. The zero-order valence-corrected chi connectivity index (χ0v) is 7.29. The second-order valence-electron chi connectivity index (χ2n) is 1.16. The third-order valence-corrected chi connectivity index (χ3v) is 1.19. The molecule has 4 heteroatoms. The summed E-state index contributed by atoms with van der Waals surface area (Å²) in [5.41, 5.74) is 0. The number of aliphatic hydroxyl groups is 2. The van der Waals surface area contributed by atoms with Crippen molar-refractivity contribution in [1.82, 2.24) is 0 Å². The highest BCUT2D eigenvalue weighted by molar-refractivity contribution is 7.98. The van der Waals surface area contributed by atoms with Crippen LogP contribution in [0.25, 0.3) is 0 Å². The number of hydrogen-bond donors (Lipinski definition) is 3. The standard InChI is InChI=1S/C3H8OS.C2H6OS/c1-5-3-2-4;3-1-2-4/h4H,2-3H2,1H3;3-4H,1-2H2/p+1. The maximum atomic E-state index is 8.05. The van der Waals surface area contributed by atoms with Gasteiger partial charge in [0.05, 0.1) is 13.2 Å². The van der Waals surface area contributed by atoms with E-state index >= 15 is 0 Å². The van der Waals surface area contributed by atoms with Crippen molar-refractivity contribution in [1.29, 1.82) is 0 Å². The van der Waals surface area contributed by atoms with E-state index in [1.54, 1.807) is 11.8 Å². The van der Waals surface area contributed by atoms with Crippen LogP contribution in [0.1, 0.15) is 1.43 Å². The molecule has 0 heterocycles. The summed E-state index contributed by atoms with van der Waals surface area (Å²) in [5, 5.41) is 15.8. The summed E-state index contributed by atoms with van der Waals surface area (Å²) in [6.45, 7) is 0.490. The summed E-state index contributed by atoms with van der Waals surface area (Å²) < 4.78 is 0. The number of aliphatic hydroxyl groups excluding tert-OH is 2. The normalized spacial score (nSPS) is 8.00. The minimum atomic E-state index is 0. The largest absolute Gasteiger partial charge is 1.00 e. The van der Waals surface area contributed by atoms with E-state index in [1.165, 1.54) is 0 Å². The molecule has 0 spiro atoms. The maximum absolute atomic E-state index is 8.05. The third-order valence-electron chi connectivity index (χ3n) is 0.395. The van der Waals surface area contributed by atoms with Gasteiger partial charge in [0, 0.05) is 11.5 Å². The molecule has 0 bridgehead atoms. The molecule has 0 rings (SSSR count). The summed E-state index contributed by atoms with van der Waals surface area (Å²) in [6, 6.07) is 0. The van der Waals surface area contributed by atoms with Crippen LogP contribution in [0.3, 0.4) is 0 Å². The Balaban J connectivity index is -0.0000000910. The smallest absolute Gasteiger partial charge is 0.396 e. The number of thioether (sulfide) groups is 1. The second kappa shape index (κ2) is 15.8. The van der Waals surface area contributed by atoms with Crippen molar-refractivity contribution in [3.05, 3.63) is 0 Å². The molecule has 0 saturated heterocycles. The van der Waals surface area contributed by atoms with Crippen LogP contribution in [0.15, 0.2) is 0 Å². The first-order valence-corrected chi connectivity index (χ1v) is 4.67. The van der Waals surface area contributed by atoms with Gasteiger partial charge in [0.15, 0.2) is 0 Å². The first-order valence-electron chi connectivity index (χ1n) is 2.65. The number of thiol groups is 1. The minimum absolute atomic E-state index is 0. The molecule has 2 nitrogen and oxygen atoms in total. The molecular weight excluding hydrogens is 156 g/mol. The zero-order chi connectivity index (χ0) is 7.54. The Bertz CT molecular complexity index is 36.8. The molecule has 0 aliphatic rings. The van der Waals surface area contributed by atoms with Gasteiger partial charge in [-0.05, 0) is 6.26 Å².